The van der Waals surface area contributed by atoms with E-state index in [0.29, 0.717) is 30.3 Å². The van der Waals surface area contributed by atoms with Gasteiger partial charge in [-0.25, -0.2) is 0 Å². The van der Waals surface area contributed by atoms with Crippen LogP contribution in [0.2, 0.25) is 0 Å². The minimum Gasteiger partial charge on any atom is -0.492 e. The van der Waals surface area contributed by atoms with E-state index < -0.39 is 0 Å². The van der Waals surface area contributed by atoms with Crippen LogP contribution in [-0.4, -0.2) is 68.1 Å². The molecule has 2 saturated heterocycles. The molecule has 0 radical (unpaired) electrons. The molecule has 124 valence electrons. The van der Waals surface area contributed by atoms with Gasteiger partial charge >= 0.3 is 0 Å². The van der Waals surface area contributed by atoms with Crippen LogP contribution in [0.1, 0.15) is 0 Å². The summed E-state index contributed by atoms with van der Waals surface area (Å²) >= 11 is 0. The van der Waals surface area contributed by atoms with Gasteiger partial charge in [-0.15, -0.1) is 0 Å². The van der Waals surface area contributed by atoms with Crippen molar-refractivity contribution in [2.24, 2.45) is 17.8 Å². The fourth-order valence-corrected chi connectivity index (χ4v) is 4.00. The van der Waals surface area contributed by atoms with Crippen LogP contribution in [0.4, 0.5) is 0 Å². The van der Waals surface area contributed by atoms with E-state index in [0.717, 1.165) is 51.6 Å². The summed E-state index contributed by atoms with van der Waals surface area (Å²) in [4.78, 5) is 17.0. The van der Waals surface area contributed by atoms with Gasteiger partial charge in [-0.2, -0.15) is 0 Å². The number of amides is 1. The van der Waals surface area contributed by atoms with E-state index in [-0.39, 0.29) is 0 Å². The molecule has 2 aliphatic heterocycles. The third kappa shape index (κ3) is 3.21. The number of piperidine rings is 1. The Morgan fingerprint density at radius 1 is 1.09 bits per heavy atom. The average Bonchev–Trinajstić information content (AvgIpc) is 3.07. The first-order chi connectivity index (χ1) is 11.3. The maximum absolute atomic E-state index is 12.5. The van der Waals surface area contributed by atoms with E-state index in [2.05, 4.69) is 15.1 Å². The number of carbonyl (C=O) groups excluding carboxylic acids is 1. The van der Waals surface area contributed by atoms with E-state index in [9.17, 15) is 4.79 Å². The van der Waals surface area contributed by atoms with E-state index >= 15 is 0 Å². The summed E-state index contributed by atoms with van der Waals surface area (Å²) in [6.45, 7) is 7.37. The topological polar surface area (TPSA) is 44.8 Å². The zero-order valence-corrected chi connectivity index (χ0v) is 13.5. The molecule has 1 aromatic rings. The van der Waals surface area contributed by atoms with Crippen molar-refractivity contribution in [1.29, 1.82) is 0 Å². The molecule has 1 unspecified atom stereocenters. The fourth-order valence-electron chi connectivity index (χ4n) is 4.00. The van der Waals surface area contributed by atoms with Gasteiger partial charge in [0.25, 0.3) is 0 Å². The maximum atomic E-state index is 12.5. The highest BCUT2D eigenvalue weighted by Crippen LogP contribution is 2.49. The molecule has 23 heavy (non-hydrogen) atoms. The summed E-state index contributed by atoms with van der Waals surface area (Å²) in [7, 11) is 0. The number of rotatable bonds is 5. The van der Waals surface area contributed by atoms with Crippen LogP contribution in [0, 0.1) is 17.8 Å². The highest BCUT2D eigenvalue weighted by Gasteiger charge is 2.57. The van der Waals surface area contributed by atoms with E-state index in [1.807, 2.05) is 30.3 Å². The number of carbonyl (C=O) groups is 1. The molecule has 3 fully saturated rings. The van der Waals surface area contributed by atoms with Crippen LogP contribution in [0.15, 0.2) is 30.3 Å². The van der Waals surface area contributed by atoms with Gasteiger partial charge in [0.15, 0.2) is 0 Å². The number of piperazine rings is 1. The Bertz CT molecular complexity index is 532. The van der Waals surface area contributed by atoms with Crippen LogP contribution in [0.3, 0.4) is 0 Å². The first kappa shape index (κ1) is 15.0. The van der Waals surface area contributed by atoms with Crippen molar-refractivity contribution in [2.75, 3.05) is 52.4 Å². The summed E-state index contributed by atoms with van der Waals surface area (Å²) in [5.41, 5.74) is 0. The molecular weight excluding hydrogens is 290 g/mol. The van der Waals surface area contributed by atoms with Gasteiger partial charge < -0.3 is 15.0 Å². The Hall–Kier alpha value is -1.59. The first-order valence-corrected chi connectivity index (χ1v) is 8.72. The monoisotopic (exact) mass is 315 g/mol. The Morgan fingerprint density at radius 3 is 2.48 bits per heavy atom. The van der Waals surface area contributed by atoms with Crippen molar-refractivity contribution < 1.29 is 9.53 Å². The Labute approximate surface area is 137 Å². The summed E-state index contributed by atoms with van der Waals surface area (Å²) in [6.07, 6.45) is 0. The zero-order valence-electron chi connectivity index (χ0n) is 13.5. The van der Waals surface area contributed by atoms with Crippen molar-refractivity contribution in [1.82, 2.24) is 15.1 Å². The summed E-state index contributed by atoms with van der Waals surface area (Å²) in [6, 6.07) is 9.94. The number of ether oxygens (including phenoxy) is 1. The van der Waals surface area contributed by atoms with Crippen LogP contribution in [-0.2, 0) is 4.79 Å². The predicted molar refractivity (Wildman–Crippen MR) is 88.3 cm³/mol. The van der Waals surface area contributed by atoms with E-state index in [4.69, 9.17) is 4.74 Å². The van der Waals surface area contributed by atoms with Crippen molar-refractivity contribution in [3.63, 3.8) is 0 Å². The molecule has 3 atom stereocenters. The second-order valence-corrected chi connectivity index (χ2v) is 6.84. The molecule has 0 spiro atoms. The number of benzene rings is 1. The van der Waals surface area contributed by atoms with Crippen LogP contribution < -0.4 is 10.1 Å². The molecule has 1 N–H and O–H groups in total. The summed E-state index contributed by atoms with van der Waals surface area (Å²) in [5.74, 6) is 2.90. The molecule has 0 aromatic heterocycles. The van der Waals surface area contributed by atoms with Gasteiger partial charge in [0.1, 0.15) is 12.4 Å². The fraction of sp³-hybridized carbons (Fsp3) is 0.611. The highest BCUT2D eigenvalue weighted by atomic mass is 16.5. The van der Waals surface area contributed by atoms with Crippen LogP contribution >= 0.6 is 0 Å². The molecule has 1 aromatic carbocycles. The molecule has 1 amide bonds. The summed E-state index contributed by atoms with van der Waals surface area (Å²) in [5, 5.41) is 3.36. The number of nitrogens with one attached hydrogen (secondary N) is 1. The molecule has 5 nitrogen and oxygen atoms in total. The van der Waals surface area contributed by atoms with Crippen molar-refractivity contribution in [3.05, 3.63) is 30.3 Å². The molecular formula is C18H25N3O2. The maximum Gasteiger partial charge on any atom is 0.226 e. The van der Waals surface area contributed by atoms with E-state index in [1.165, 1.54) is 0 Å². The third-order valence-corrected chi connectivity index (χ3v) is 5.48. The lowest BCUT2D eigenvalue weighted by molar-refractivity contribution is -0.135. The predicted octanol–water partition coefficient (Wildman–Crippen LogP) is 0.675. The Balaban J connectivity index is 1.17. The van der Waals surface area contributed by atoms with Crippen molar-refractivity contribution in [3.8, 4) is 5.75 Å². The number of hydrogen-bond acceptors (Lipinski definition) is 4. The number of fused-ring (bicyclic) bond motifs is 1. The number of para-hydroxylation sites is 1. The Morgan fingerprint density at radius 2 is 1.78 bits per heavy atom. The minimum atomic E-state index is 0.323. The lowest BCUT2D eigenvalue weighted by Crippen LogP contribution is -2.50. The molecule has 1 saturated carbocycles. The molecule has 4 rings (SSSR count). The van der Waals surface area contributed by atoms with Crippen molar-refractivity contribution >= 4 is 5.91 Å². The quantitative estimate of drug-likeness (QED) is 0.868. The minimum absolute atomic E-state index is 0.323. The summed E-state index contributed by atoms with van der Waals surface area (Å²) < 4.78 is 5.75. The van der Waals surface area contributed by atoms with Gasteiger partial charge in [0.05, 0.1) is 0 Å². The van der Waals surface area contributed by atoms with Gasteiger partial charge in [-0.1, -0.05) is 18.2 Å². The lowest BCUT2D eigenvalue weighted by atomic mass is 10.2. The molecule has 0 bridgehead atoms. The molecule has 1 aliphatic carbocycles. The lowest BCUT2D eigenvalue weighted by Gasteiger charge is -2.35. The number of nitrogens with zero attached hydrogens (tertiary/aromatic N) is 2. The highest BCUT2D eigenvalue weighted by molar-refractivity contribution is 5.82. The second-order valence-electron chi connectivity index (χ2n) is 6.84. The normalized spacial score (nSPS) is 30.1. The Kier molecular flexibility index (Phi) is 4.23. The van der Waals surface area contributed by atoms with E-state index in [1.54, 1.807) is 0 Å². The van der Waals surface area contributed by atoms with Gasteiger partial charge in [0.2, 0.25) is 5.91 Å². The average molecular weight is 315 g/mol. The third-order valence-electron chi connectivity index (χ3n) is 5.48. The van der Waals surface area contributed by atoms with Crippen LogP contribution in [0.5, 0.6) is 5.75 Å². The standard InChI is InChI=1S/C18H25N3O2/c22-18(17-15-12-19-13-16(15)17)21-8-6-20(7-9-21)10-11-23-14-4-2-1-3-5-14/h1-5,15-17,19H,6-13H2/t15-,16+,17?. The first-order valence-electron chi connectivity index (χ1n) is 8.72. The zero-order chi connectivity index (χ0) is 15.6. The smallest absolute Gasteiger partial charge is 0.226 e. The van der Waals surface area contributed by atoms with Crippen molar-refractivity contribution in [2.45, 2.75) is 0 Å². The van der Waals surface area contributed by atoms with Crippen LogP contribution in [0.25, 0.3) is 0 Å². The van der Waals surface area contributed by atoms with Gasteiger partial charge in [-0.3, -0.25) is 9.69 Å². The van der Waals surface area contributed by atoms with Gasteiger partial charge in [0, 0.05) is 38.6 Å². The largest absolute Gasteiger partial charge is 0.492 e. The second kappa shape index (κ2) is 6.49. The van der Waals surface area contributed by atoms with Gasteiger partial charge in [-0.05, 0) is 37.1 Å². The number of hydrogen-bond donors (Lipinski definition) is 1. The SMILES string of the molecule is O=C(C1[C@H]2CNC[C@@H]12)N1CCN(CCOc2ccccc2)CC1. The molecule has 2 heterocycles. The molecule has 5 heteroatoms. The molecule has 3 aliphatic rings.